The molecule has 5 nitrogen and oxygen atoms in total. The fraction of sp³-hybridized carbons (Fsp3) is 0.240. The minimum Gasteiger partial charge on any atom is -0.345 e. The summed E-state index contributed by atoms with van der Waals surface area (Å²) >= 11 is 6.31. The number of rotatable bonds is 2. The Morgan fingerprint density at radius 1 is 1.10 bits per heavy atom. The van der Waals surface area contributed by atoms with Crippen molar-refractivity contribution >= 4 is 29.2 Å². The van der Waals surface area contributed by atoms with Gasteiger partial charge in [0.05, 0.1) is 23.9 Å². The Kier molecular flexibility index (Phi) is 5.43. The number of H-pyrrole nitrogens is 1. The summed E-state index contributed by atoms with van der Waals surface area (Å²) in [5.41, 5.74) is 8.29. The molecule has 0 bridgehead atoms. The maximum absolute atomic E-state index is 12.6. The zero-order chi connectivity index (χ0) is 21.2. The molecule has 31 heavy (non-hydrogen) atoms. The Morgan fingerprint density at radius 3 is 2.74 bits per heavy atom. The van der Waals surface area contributed by atoms with Gasteiger partial charge in [0.25, 0.3) is 0 Å². The first-order valence-corrected chi connectivity index (χ1v) is 11.0. The molecule has 0 spiro atoms. The molecule has 2 aromatic heterocycles. The molecule has 2 aliphatic rings. The van der Waals surface area contributed by atoms with E-state index in [2.05, 4.69) is 28.2 Å². The highest BCUT2D eigenvalue weighted by Gasteiger charge is 2.26. The molecule has 1 fully saturated rings. The quantitative estimate of drug-likeness (QED) is 0.599. The van der Waals surface area contributed by atoms with E-state index in [1.807, 2.05) is 23.2 Å². The van der Waals surface area contributed by atoms with Gasteiger partial charge in [-0.05, 0) is 66.6 Å². The van der Waals surface area contributed by atoms with Crippen LogP contribution >= 0.6 is 11.6 Å². The summed E-state index contributed by atoms with van der Waals surface area (Å²) in [6, 6.07) is 10.4. The Bertz CT molecular complexity index is 1170. The topological polar surface area (TPSA) is 61.9 Å². The van der Waals surface area contributed by atoms with Gasteiger partial charge in [0.15, 0.2) is 0 Å². The van der Waals surface area contributed by atoms with E-state index in [9.17, 15) is 4.79 Å². The van der Waals surface area contributed by atoms with Gasteiger partial charge in [-0.15, -0.1) is 0 Å². The van der Waals surface area contributed by atoms with Crippen molar-refractivity contribution in [3.8, 4) is 0 Å². The number of imidazole rings is 1. The molecule has 3 aromatic rings. The van der Waals surface area contributed by atoms with E-state index in [4.69, 9.17) is 16.6 Å². The third-order valence-electron chi connectivity index (χ3n) is 6.09. The van der Waals surface area contributed by atoms with E-state index in [0.29, 0.717) is 13.1 Å². The van der Waals surface area contributed by atoms with E-state index in [1.54, 1.807) is 24.7 Å². The molecule has 1 aliphatic heterocycles. The Hall–Kier alpha value is -3.18. The lowest BCUT2D eigenvalue weighted by Gasteiger charge is -2.29. The minimum absolute atomic E-state index is 0.0326. The molecule has 0 saturated carbocycles. The van der Waals surface area contributed by atoms with Gasteiger partial charge in [-0.2, -0.15) is 0 Å². The number of hydrogen-bond donors (Lipinski definition) is 1. The summed E-state index contributed by atoms with van der Waals surface area (Å²) in [7, 11) is 0. The van der Waals surface area contributed by atoms with Crippen LogP contribution in [-0.2, 0) is 17.6 Å². The molecule has 1 aromatic carbocycles. The van der Waals surface area contributed by atoms with Crippen LogP contribution in [0.15, 0.2) is 60.7 Å². The molecule has 0 radical (unpaired) electrons. The summed E-state index contributed by atoms with van der Waals surface area (Å²) in [6.07, 6.45) is 12.2. The number of amides is 1. The standard InChI is InChI=1S/C25H23ClN4O/c26-20-5-7-22-19(14-20)4-3-18-2-1-11-28-25(18)24(22)17-9-12-30(13-10-17)23(31)8-6-21-15-27-16-29-21/h1-2,5-8,11,14-16H,3-4,9-10,12-13H2,(H,27,29). The number of halogens is 1. The van der Waals surface area contributed by atoms with Crippen LogP contribution in [0.25, 0.3) is 11.6 Å². The summed E-state index contributed by atoms with van der Waals surface area (Å²) in [4.78, 5) is 26.3. The number of carbonyl (C=O) groups is 1. The van der Waals surface area contributed by atoms with Crippen LogP contribution in [0.4, 0.5) is 0 Å². The molecule has 6 heteroatoms. The second-order valence-electron chi connectivity index (χ2n) is 7.96. The van der Waals surface area contributed by atoms with Crippen molar-refractivity contribution in [2.45, 2.75) is 25.7 Å². The SMILES string of the molecule is O=C(C=Cc1cnc[nH]1)N1CCC(=C2c3ccc(Cl)cc3CCc3cccnc32)CC1. The number of pyridine rings is 1. The van der Waals surface area contributed by atoms with E-state index < -0.39 is 0 Å². The second kappa shape index (κ2) is 8.52. The first-order valence-electron chi connectivity index (χ1n) is 10.6. The van der Waals surface area contributed by atoms with Crippen molar-refractivity contribution in [3.05, 3.63) is 93.8 Å². The van der Waals surface area contributed by atoms with Crippen LogP contribution < -0.4 is 0 Å². The van der Waals surface area contributed by atoms with Gasteiger partial charge in [-0.1, -0.05) is 29.3 Å². The van der Waals surface area contributed by atoms with E-state index in [0.717, 1.165) is 42.1 Å². The number of nitrogens with one attached hydrogen (secondary N) is 1. The smallest absolute Gasteiger partial charge is 0.246 e. The lowest BCUT2D eigenvalue weighted by atomic mass is 9.88. The monoisotopic (exact) mass is 430 g/mol. The van der Waals surface area contributed by atoms with Gasteiger partial charge < -0.3 is 9.88 Å². The molecule has 5 rings (SSSR count). The third kappa shape index (κ3) is 4.06. The molecule has 0 atom stereocenters. The number of aryl methyl sites for hydroxylation is 2. The minimum atomic E-state index is 0.0326. The van der Waals surface area contributed by atoms with Crippen molar-refractivity contribution < 1.29 is 4.79 Å². The fourth-order valence-corrected chi connectivity index (χ4v) is 4.70. The Balaban J connectivity index is 1.44. The fourth-order valence-electron chi connectivity index (χ4n) is 4.50. The van der Waals surface area contributed by atoms with Crippen LogP contribution in [0.3, 0.4) is 0 Å². The molecule has 1 N–H and O–H groups in total. The molecule has 3 heterocycles. The van der Waals surface area contributed by atoms with Crippen molar-refractivity contribution in [3.63, 3.8) is 0 Å². The van der Waals surface area contributed by atoms with Gasteiger partial charge in [-0.25, -0.2) is 4.98 Å². The first kappa shape index (κ1) is 19.8. The van der Waals surface area contributed by atoms with Gasteiger partial charge in [0, 0.05) is 36.0 Å². The van der Waals surface area contributed by atoms with Crippen molar-refractivity contribution in [2.75, 3.05) is 13.1 Å². The average molecular weight is 431 g/mol. The third-order valence-corrected chi connectivity index (χ3v) is 6.32. The predicted octanol–water partition coefficient (Wildman–Crippen LogP) is 4.69. The molecule has 1 saturated heterocycles. The zero-order valence-corrected chi connectivity index (χ0v) is 17.9. The number of fused-ring (bicyclic) bond motifs is 2. The van der Waals surface area contributed by atoms with Crippen molar-refractivity contribution in [1.82, 2.24) is 19.9 Å². The van der Waals surface area contributed by atoms with Crippen LogP contribution in [0.1, 0.15) is 40.9 Å². The highest BCUT2D eigenvalue weighted by Crippen LogP contribution is 2.38. The number of hydrogen-bond acceptors (Lipinski definition) is 3. The number of piperidine rings is 1. The lowest BCUT2D eigenvalue weighted by molar-refractivity contribution is -0.126. The molecular formula is C25H23ClN4O. The predicted molar refractivity (Wildman–Crippen MR) is 123 cm³/mol. The van der Waals surface area contributed by atoms with Crippen LogP contribution in [0.2, 0.25) is 5.02 Å². The Morgan fingerprint density at radius 2 is 1.94 bits per heavy atom. The van der Waals surface area contributed by atoms with Gasteiger partial charge in [0.1, 0.15) is 0 Å². The molecule has 156 valence electrons. The summed E-state index contributed by atoms with van der Waals surface area (Å²) in [5.74, 6) is 0.0326. The second-order valence-corrected chi connectivity index (χ2v) is 8.39. The highest BCUT2D eigenvalue weighted by atomic mass is 35.5. The largest absolute Gasteiger partial charge is 0.345 e. The van der Waals surface area contributed by atoms with Crippen molar-refractivity contribution in [1.29, 1.82) is 0 Å². The highest BCUT2D eigenvalue weighted by molar-refractivity contribution is 6.30. The van der Waals surface area contributed by atoms with Gasteiger partial charge in [-0.3, -0.25) is 9.78 Å². The summed E-state index contributed by atoms with van der Waals surface area (Å²) in [5, 5.41) is 0.770. The number of aromatic nitrogens is 3. The van der Waals surface area contributed by atoms with E-state index in [1.165, 1.54) is 27.8 Å². The van der Waals surface area contributed by atoms with Crippen LogP contribution in [-0.4, -0.2) is 38.8 Å². The van der Waals surface area contributed by atoms with Gasteiger partial charge in [0.2, 0.25) is 5.91 Å². The van der Waals surface area contributed by atoms with E-state index >= 15 is 0 Å². The number of likely N-dealkylation sites (tertiary alicyclic amines) is 1. The summed E-state index contributed by atoms with van der Waals surface area (Å²) in [6.45, 7) is 1.41. The maximum Gasteiger partial charge on any atom is 0.246 e. The molecule has 1 amide bonds. The number of benzene rings is 1. The van der Waals surface area contributed by atoms with Crippen LogP contribution in [0.5, 0.6) is 0 Å². The van der Waals surface area contributed by atoms with Crippen LogP contribution in [0, 0.1) is 0 Å². The first-order chi connectivity index (χ1) is 15.2. The summed E-state index contributed by atoms with van der Waals surface area (Å²) < 4.78 is 0. The molecule has 1 aliphatic carbocycles. The average Bonchev–Trinajstić information content (AvgIpc) is 3.26. The van der Waals surface area contributed by atoms with Crippen molar-refractivity contribution in [2.24, 2.45) is 0 Å². The zero-order valence-electron chi connectivity index (χ0n) is 17.1. The number of aromatic amines is 1. The molecular weight excluding hydrogens is 408 g/mol. The lowest BCUT2D eigenvalue weighted by Crippen LogP contribution is -2.35. The van der Waals surface area contributed by atoms with E-state index in [-0.39, 0.29) is 5.91 Å². The maximum atomic E-state index is 12.6. The van der Waals surface area contributed by atoms with Gasteiger partial charge >= 0.3 is 0 Å². The normalized spacial score (nSPS) is 16.2. The number of carbonyl (C=O) groups excluding carboxylic acids is 1. The number of nitrogens with zero attached hydrogens (tertiary/aromatic N) is 3. The molecule has 0 unspecified atom stereocenters. The Labute approximate surface area is 186 Å².